The fraction of sp³-hybridized carbons (Fsp3) is 0.438. The molecule has 0 radical (unpaired) electrons. The molecule has 0 aromatic heterocycles. The van der Waals surface area contributed by atoms with Gasteiger partial charge in [-0.2, -0.15) is 0 Å². The standard InChI is InChI=1S/C64H78BN3/c1-58(2,3)41-23-28-46(29-24-41)66-53-32-27-44(61(10,11)12)37-51(53)65-50-30-25-45(62(13,14)15)38-54(50)67(47-22-20-21-42(35-47)59(4,5)6)56-40-48(39-55(66)57(56)65)68-52-31-26-43(60(7,8)9)36-49(52)63(16)33-18-19-34-64(63,68)17/h20-32,35-40H,18-19,33-34H2,1-17H3. The summed E-state index contributed by atoms with van der Waals surface area (Å²) in [6.07, 6.45) is 4.81. The van der Waals surface area contributed by atoms with Crippen molar-refractivity contribution >= 4 is 68.6 Å². The van der Waals surface area contributed by atoms with Crippen LogP contribution in [0.1, 0.15) is 177 Å². The Morgan fingerprint density at radius 2 is 0.897 bits per heavy atom. The molecule has 0 N–H and O–H groups in total. The van der Waals surface area contributed by atoms with Crippen LogP contribution < -0.4 is 31.1 Å². The summed E-state index contributed by atoms with van der Waals surface area (Å²) in [6.45, 7) is 40.5. The van der Waals surface area contributed by atoms with Gasteiger partial charge in [0.25, 0.3) is 6.71 Å². The lowest BCUT2D eigenvalue weighted by atomic mass is 9.33. The summed E-state index contributed by atoms with van der Waals surface area (Å²) in [5.41, 5.74) is 22.5. The second kappa shape index (κ2) is 15.1. The zero-order valence-electron chi connectivity index (χ0n) is 44.7. The molecule has 0 amide bonds. The van der Waals surface area contributed by atoms with Crippen LogP contribution >= 0.6 is 0 Å². The Balaban J connectivity index is 1.35. The first-order chi connectivity index (χ1) is 31.6. The molecule has 4 aliphatic rings. The van der Waals surface area contributed by atoms with Crippen LogP contribution in [0, 0.1) is 0 Å². The summed E-state index contributed by atoms with van der Waals surface area (Å²) in [6, 6.07) is 46.5. The maximum absolute atomic E-state index is 2.82. The highest BCUT2D eigenvalue weighted by Crippen LogP contribution is 2.62. The molecule has 3 nitrogen and oxygen atoms in total. The van der Waals surface area contributed by atoms with Gasteiger partial charge in [0, 0.05) is 50.9 Å². The molecule has 1 fully saturated rings. The zero-order chi connectivity index (χ0) is 48.9. The van der Waals surface area contributed by atoms with E-state index in [2.05, 4.69) is 248 Å². The van der Waals surface area contributed by atoms with Crippen molar-refractivity contribution in [2.45, 2.75) is 181 Å². The predicted molar refractivity (Wildman–Crippen MR) is 297 cm³/mol. The molecular weight excluding hydrogens is 822 g/mol. The molecule has 6 aromatic rings. The molecule has 0 bridgehead atoms. The largest absolute Gasteiger partial charge is 0.334 e. The number of hydrogen-bond donors (Lipinski definition) is 0. The summed E-state index contributed by atoms with van der Waals surface area (Å²) < 4.78 is 0. The first kappa shape index (κ1) is 46.5. The van der Waals surface area contributed by atoms with Crippen LogP contribution in [0.25, 0.3) is 0 Å². The van der Waals surface area contributed by atoms with E-state index in [1.807, 2.05) is 0 Å². The van der Waals surface area contributed by atoms with Crippen LogP contribution in [-0.4, -0.2) is 12.3 Å². The third kappa shape index (κ3) is 7.19. The van der Waals surface area contributed by atoms with Crippen molar-refractivity contribution in [1.29, 1.82) is 0 Å². The zero-order valence-corrected chi connectivity index (χ0v) is 44.7. The highest BCUT2D eigenvalue weighted by Gasteiger charge is 2.58. The van der Waals surface area contributed by atoms with Crippen molar-refractivity contribution in [2.24, 2.45) is 0 Å². The molecule has 0 saturated heterocycles. The van der Waals surface area contributed by atoms with E-state index in [0.717, 1.165) is 6.42 Å². The van der Waals surface area contributed by atoms with Gasteiger partial charge in [-0.05, 0) is 151 Å². The average molecular weight is 900 g/mol. The molecule has 2 atom stereocenters. The van der Waals surface area contributed by atoms with Crippen LogP contribution in [0.3, 0.4) is 0 Å². The van der Waals surface area contributed by atoms with Crippen LogP contribution in [0.2, 0.25) is 0 Å². The van der Waals surface area contributed by atoms with Crippen LogP contribution in [0.15, 0.2) is 115 Å². The first-order valence-corrected chi connectivity index (χ1v) is 25.8. The summed E-state index contributed by atoms with van der Waals surface area (Å²) in [7, 11) is 0. The maximum atomic E-state index is 2.82. The number of nitrogens with zero attached hydrogens (tertiary/aromatic N) is 3. The van der Waals surface area contributed by atoms with Crippen LogP contribution in [0.4, 0.5) is 45.5 Å². The van der Waals surface area contributed by atoms with Crippen molar-refractivity contribution in [3.05, 3.63) is 149 Å². The van der Waals surface area contributed by atoms with Gasteiger partial charge in [-0.1, -0.05) is 184 Å². The Morgan fingerprint density at radius 1 is 0.397 bits per heavy atom. The summed E-state index contributed by atoms with van der Waals surface area (Å²) in [5, 5.41) is 0. The van der Waals surface area contributed by atoms with E-state index in [1.165, 1.54) is 115 Å². The average Bonchev–Trinajstić information content (AvgIpc) is 3.46. The highest BCUT2D eigenvalue weighted by molar-refractivity contribution is 7.00. The number of hydrogen-bond acceptors (Lipinski definition) is 3. The first-order valence-electron chi connectivity index (χ1n) is 25.8. The lowest BCUT2D eigenvalue weighted by Crippen LogP contribution is -2.62. The van der Waals surface area contributed by atoms with Crippen LogP contribution in [0.5, 0.6) is 0 Å². The third-order valence-electron chi connectivity index (χ3n) is 17.0. The van der Waals surface area contributed by atoms with E-state index in [-0.39, 0.29) is 44.7 Å². The fourth-order valence-corrected chi connectivity index (χ4v) is 12.4. The van der Waals surface area contributed by atoms with E-state index < -0.39 is 0 Å². The highest BCUT2D eigenvalue weighted by atomic mass is 15.3. The number of fused-ring (bicyclic) bond motifs is 7. The molecule has 2 unspecified atom stereocenters. The van der Waals surface area contributed by atoms with Crippen molar-refractivity contribution in [3.63, 3.8) is 0 Å². The van der Waals surface area contributed by atoms with Gasteiger partial charge < -0.3 is 14.7 Å². The van der Waals surface area contributed by atoms with Gasteiger partial charge in [0.2, 0.25) is 0 Å². The second-order valence-corrected chi connectivity index (χ2v) is 26.8. The smallest absolute Gasteiger partial charge is 0.252 e. The lowest BCUT2D eigenvalue weighted by Gasteiger charge is -2.51. The quantitative estimate of drug-likeness (QED) is 0.164. The molecule has 3 aliphatic heterocycles. The third-order valence-corrected chi connectivity index (χ3v) is 17.0. The topological polar surface area (TPSA) is 9.72 Å². The lowest BCUT2D eigenvalue weighted by molar-refractivity contribution is 0.195. The second-order valence-electron chi connectivity index (χ2n) is 26.8. The molecule has 1 aliphatic carbocycles. The Labute approximate surface area is 411 Å². The van der Waals surface area contributed by atoms with Gasteiger partial charge in [0.05, 0.1) is 5.54 Å². The summed E-state index contributed by atoms with van der Waals surface area (Å²) in [4.78, 5) is 8.12. The van der Waals surface area contributed by atoms with E-state index in [4.69, 9.17) is 0 Å². The minimum Gasteiger partial charge on any atom is -0.334 e. The predicted octanol–water partition coefficient (Wildman–Crippen LogP) is 16.0. The van der Waals surface area contributed by atoms with E-state index in [9.17, 15) is 0 Å². The van der Waals surface area contributed by atoms with Gasteiger partial charge in [0.1, 0.15) is 0 Å². The minimum atomic E-state index is -0.124. The van der Waals surface area contributed by atoms with Gasteiger partial charge >= 0.3 is 0 Å². The minimum absolute atomic E-state index is 0.00905. The van der Waals surface area contributed by atoms with Crippen molar-refractivity contribution < 1.29 is 0 Å². The van der Waals surface area contributed by atoms with E-state index >= 15 is 0 Å². The van der Waals surface area contributed by atoms with Crippen molar-refractivity contribution in [1.82, 2.24) is 0 Å². The molecule has 68 heavy (non-hydrogen) atoms. The molecule has 3 heterocycles. The van der Waals surface area contributed by atoms with E-state index in [0.29, 0.717) is 0 Å². The Morgan fingerprint density at radius 3 is 1.50 bits per heavy atom. The Hall–Kier alpha value is -5.22. The number of rotatable bonds is 3. The van der Waals surface area contributed by atoms with Gasteiger partial charge in [0.15, 0.2) is 0 Å². The number of benzene rings is 6. The van der Waals surface area contributed by atoms with Gasteiger partial charge in [-0.15, -0.1) is 0 Å². The maximum Gasteiger partial charge on any atom is 0.252 e. The monoisotopic (exact) mass is 900 g/mol. The van der Waals surface area contributed by atoms with Gasteiger partial charge in [-0.3, -0.25) is 0 Å². The Bertz CT molecular complexity index is 2980. The molecule has 4 heteroatoms. The molecule has 6 aromatic carbocycles. The van der Waals surface area contributed by atoms with Crippen molar-refractivity contribution in [3.8, 4) is 0 Å². The summed E-state index contributed by atoms with van der Waals surface area (Å²) >= 11 is 0. The van der Waals surface area contributed by atoms with E-state index in [1.54, 1.807) is 0 Å². The summed E-state index contributed by atoms with van der Waals surface area (Å²) in [5.74, 6) is 0. The molecule has 10 rings (SSSR count). The number of anilines is 8. The SMILES string of the molecule is CC(C)(C)c1ccc(N2c3ccc(C(C)(C)C)cc3B3c4ccc(C(C)(C)C)cc4N(c4cccc(C(C)(C)C)c4)c4cc(N5c6ccc(C(C)(C)C)cc6C6(C)CCCCC56C)cc2c43)cc1. The molecule has 352 valence electrons. The Kier molecular flexibility index (Phi) is 10.4. The molecule has 0 spiro atoms. The van der Waals surface area contributed by atoms with Crippen LogP contribution in [-0.2, 0) is 32.5 Å². The normalized spacial score (nSPS) is 20.2. The van der Waals surface area contributed by atoms with Crippen molar-refractivity contribution in [2.75, 3.05) is 14.7 Å². The molecule has 1 saturated carbocycles. The molecular formula is C64H78BN3. The fourth-order valence-electron chi connectivity index (χ4n) is 12.4. The van der Waals surface area contributed by atoms with Gasteiger partial charge in [-0.25, -0.2) is 0 Å².